The number of aromatic amines is 1. The fourth-order valence-electron chi connectivity index (χ4n) is 3.13. The predicted molar refractivity (Wildman–Crippen MR) is 105 cm³/mol. The molecule has 0 saturated heterocycles. The van der Waals surface area contributed by atoms with Gasteiger partial charge >= 0.3 is 0 Å². The topological polar surface area (TPSA) is 84.3 Å². The van der Waals surface area contributed by atoms with Gasteiger partial charge in [0, 0.05) is 17.6 Å². The van der Waals surface area contributed by atoms with Gasteiger partial charge in [0.1, 0.15) is 11.8 Å². The van der Waals surface area contributed by atoms with Crippen molar-refractivity contribution in [1.82, 2.24) is 29.7 Å². The van der Waals surface area contributed by atoms with Crippen molar-refractivity contribution in [3.05, 3.63) is 72.8 Å². The Morgan fingerprint density at radius 1 is 1.00 bits per heavy atom. The fraction of sp³-hybridized carbons (Fsp3) is 0.100. The second-order valence-electron chi connectivity index (χ2n) is 6.32. The summed E-state index contributed by atoms with van der Waals surface area (Å²) in [5.74, 6) is 0.601. The van der Waals surface area contributed by atoms with E-state index in [1.807, 2.05) is 41.1 Å². The van der Waals surface area contributed by atoms with Crippen LogP contribution < -0.4 is 5.32 Å². The van der Waals surface area contributed by atoms with Gasteiger partial charge in [-0.2, -0.15) is 10.1 Å². The molecular weight excluding hydrogens is 338 g/mol. The van der Waals surface area contributed by atoms with Crippen LogP contribution in [0.15, 0.2) is 67.3 Å². The molecule has 0 radical (unpaired) electrons. The van der Waals surface area contributed by atoms with Crippen LogP contribution in [0.25, 0.3) is 27.8 Å². The first kappa shape index (κ1) is 15.5. The summed E-state index contributed by atoms with van der Waals surface area (Å²) in [6.07, 6.45) is 6.25. The van der Waals surface area contributed by atoms with Crippen molar-refractivity contribution in [1.29, 1.82) is 0 Å². The first-order chi connectivity index (χ1) is 13.4. The minimum absolute atomic E-state index is 0.601. The Bertz CT molecular complexity index is 1210. The lowest BCUT2D eigenvalue weighted by Crippen LogP contribution is -2.08. The number of imidazole rings is 1. The van der Waals surface area contributed by atoms with Gasteiger partial charge in [0.05, 0.1) is 17.9 Å². The number of hydrogen-bond acceptors (Lipinski definition) is 5. The summed E-state index contributed by atoms with van der Waals surface area (Å²) in [4.78, 5) is 13.5. The molecular formula is C20H17N7. The molecule has 0 saturated carbocycles. The van der Waals surface area contributed by atoms with Gasteiger partial charge in [-0.15, -0.1) is 0 Å². The monoisotopic (exact) mass is 355 g/mol. The van der Waals surface area contributed by atoms with Gasteiger partial charge in [0.15, 0.2) is 5.65 Å². The molecule has 0 fully saturated rings. The molecule has 3 heterocycles. The van der Waals surface area contributed by atoms with Gasteiger partial charge < -0.3 is 5.32 Å². The molecule has 0 aliphatic carbocycles. The molecule has 0 amide bonds. The van der Waals surface area contributed by atoms with Crippen molar-refractivity contribution >= 4 is 28.0 Å². The lowest BCUT2D eigenvalue weighted by Gasteiger charge is -2.07. The van der Waals surface area contributed by atoms with Crippen LogP contribution >= 0.6 is 0 Å². The second kappa shape index (κ2) is 6.53. The van der Waals surface area contributed by atoms with Crippen molar-refractivity contribution in [2.75, 3.05) is 11.9 Å². The minimum atomic E-state index is 0.601. The largest absolute Gasteiger partial charge is 0.354 e. The third kappa shape index (κ3) is 2.99. The number of anilines is 1. The van der Waals surface area contributed by atoms with E-state index in [0.29, 0.717) is 5.95 Å². The molecule has 7 nitrogen and oxygen atoms in total. The van der Waals surface area contributed by atoms with Crippen molar-refractivity contribution in [2.24, 2.45) is 0 Å². The zero-order valence-electron chi connectivity index (χ0n) is 14.5. The van der Waals surface area contributed by atoms with Crippen molar-refractivity contribution in [2.45, 2.75) is 6.42 Å². The molecule has 0 spiro atoms. The van der Waals surface area contributed by atoms with Crippen LogP contribution in [0, 0.1) is 0 Å². The summed E-state index contributed by atoms with van der Waals surface area (Å²) in [6, 6.07) is 16.4. The molecule has 0 aliphatic rings. The molecule has 0 bridgehead atoms. The number of benzene rings is 2. The van der Waals surface area contributed by atoms with E-state index in [-0.39, 0.29) is 0 Å². The Balaban J connectivity index is 1.42. The highest BCUT2D eigenvalue weighted by Gasteiger charge is 2.09. The van der Waals surface area contributed by atoms with E-state index in [2.05, 4.69) is 48.7 Å². The average Bonchev–Trinajstić information content (AvgIpc) is 3.34. The van der Waals surface area contributed by atoms with Crippen LogP contribution in [0.3, 0.4) is 0 Å². The summed E-state index contributed by atoms with van der Waals surface area (Å²) in [7, 11) is 0. The first-order valence-corrected chi connectivity index (χ1v) is 8.78. The zero-order chi connectivity index (χ0) is 18.1. The van der Waals surface area contributed by atoms with Gasteiger partial charge in [-0.05, 0) is 30.2 Å². The Labute approximate surface area is 155 Å². The second-order valence-corrected chi connectivity index (χ2v) is 6.32. The molecule has 3 aromatic heterocycles. The van der Waals surface area contributed by atoms with Crippen LogP contribution in [0.1, 0.15) is 5.56 Å². The maximum absolute atomic E-state index is 4.67. The number of aromatic nitrogens is 6. The number of fused-ring (bicyclic) bond motifs is 2. The number of rotatable bonds is 5. The Hall–Kier alpha value is -3.74. The van der Waals surface area contributed by atoms with Crippen molar-refractivity contribution in [3.63, 3.8) is 0 Å². The molecule has 0 atom stereocenters. The maximum Gasteiger partial charge on any atom is 0.224 e. The maximum atomic E-state index is 4.67. The number of hydrogen-bond donors (Lipinski definition) is 2. The van der Waals surface area contributed by atoms with E-state index >= 15 is 0 Å². The molecule has 0 aliphatic heterocycles. The lowest BCUT2D eigenvalue weighted by molar-refractivity contribution is 0.983. The molecule has 7 heteroatoms. The molecule has 5 rings (SSSR count). The van der Waals surface area contributed by atoms with Crippen LogP contribution in [0.4, 0.5) is 5.95 Å². The van der Waals surface area contributed by atoms with Crippen LogP contribution in [0.2, 0.25) is 0 Å². The molecule has 132 valence electrons. The SMILES string of the molecule is c1ccc(CCNc2ncc3ncn(-c4ccc5[nH]ncc5c4)c3n2)cc1. The van der Waals surface area contributed by atoms with E-state index in [1.165, 1.54) is 5.56 Å². The highest BCUT2D eigenvalue weighted by molar-refractivity contribution is 5.81. The quantitative estimate of drug-likeness (QED) is 0.505. The van der Waals surface area contributed by atoms with E-state index in [4.69, 9.17) is 0 Å². The highest BCUT2D eigenvalue weighted by atomic mass is 15.2. The number of H-pyrrole nitrogens is 1. The highest BCUT2D eigenvalue weighted by Crippen LogP contribution is 2.20. The molecule has 5 aromatic rings. The van der Waals surface area contributed by atoms with Gasteiger partial charge in [-0.25, -0.2) is 9.97 Å². The zero-order valence-corrected chi connectivity index (χ0v) is 14.5. The van der Waals surface area contributed by atoms with Crippen LogP contribution in [-0.4, -0.2) is 36.3 Å². The van der Waals surface area contributed by atoms with Gasteiger partial charge in [0.2, 0.25) is 5.95 Å². The van der Waals surface area contributed by atoms with Crippen LogP contribution in [-0.2, 0) is 6.42 Å². The van der Waals surface area contributed by atoms with E-state index in [9.17, 15) is 0 Å². The summed E-state index contributed by atoms with van der Waals surface area (Å²) in [6.45, 7) is 0.768. The minimum Gasteiger partial charge on any atom is -0.354 e. The van der Waals surface area contributed by atoms with Gasteiger partial charge in [0.25, 0.3) is 0 Å². The number of nitrogens with zero attached hydrogens (tertiary/aromatic N) is 5. The third-order valence-corrected chi connectivity index (χ3v) is 4.53. The normalized spacial score (nSPS) is 11.3. The van der Waals surface area contributed by atoms with Crippen LogP contribution in [0.5, 0.6) is 0 Å². The van der Waals surface area contributed by atoms with E-state index < -0.39 is 0 Å². The summed E-state index contributed by atoms with van der Waals surface area (Å²) >= 11 is 0. The Morgan fingerprint density at radius 2 is 1.93 bits per heavy atom. The third-order valence-electron chi connectivity index (χ3n) is 4.53. The summed E-state index contributed by atoms with van der Waals surface area (Å²) in [5.41, 5.74) is 4.80. The first-order valence-electron chi connectivity index (χ1n) is 8.78. The summed E-state index contributed by atoms with van der Waals surface area (Å²) < 4.78 is 1.96. The summed E-state index contributed by atoms with van der Waals surface area (Å²) in [5, 5.41) is 11.4. The smallest absolute Gasteiger partial charge is 0.224 e. The number of nitrogens with one attached hydrogen (secondary N) is 2. The molecule has 2 aromatic carbocycles. The van der Waals surface area contributed by atoms with Gasteiger partial charge in [-0.1, -0.05) is 30.3 Å². The predicted octanol–water partition coefficient (Wildman–Crippen LogP) is 3.35. The molecule has 2 N–H and O–H groups in total. The standard InChI is InChI=1S/C20H17N7/c1-2-4-14(5-3-1)8-9-21-20-22-12-18-19(25-20)27(13-23-18)16-6-7-17-15(10-16)11-24-26-17/h1-7,10-13H,8-9H2,(H,24,26)(H,21,22,25). The van der Waals surface area contributed by atoms with Gasteiger partial charge in [-0.3, -0.25) is 9.67 Å². The Kier molecular flexibility index (Phi) is 3.75. The van der Waals surface area contributed by atoms with Crippen molar-refractivity contribution in [3.8, 4) is 5.69 Å². The average molecular weight is 355 g/mol. The molecule has 27 heavy (non-hydrogen) atoms. The fourth-order valence-corrected chi connectivity index (χ4v) is 3.13. The Morgan fingerprint density at radius 3 is 2.85 bits per heavy atom. The molecule has 0 unspecified atom stereocenters. The van der Waals surface area contributed by atoms with E-state index in [0.717, 1.165) is 40.7 Å². The lowest BCUT2D eigenvalue weighted by atomic mass is 10.1. The van der Waals surface area contributed by atoms with Crippen molar-refractivity contribution < 1.29 is 0 Å². The van der Waals surface area contributed by atoms with E-state index in [1.54, 1.807) is 12.5 Å².